The van der Waals surface area contributed by atoms with Crippen LogP contribution >= 0.6 is 0 Å². The summed E-state index contributed by atoms with van der Waals surface area (Å²) in [4.78, 5) is 14.0. The van der Waals surface area contributed by atoms with Gasteiger partial charge < -0.3 is 9.72 Å². The van der Waals surface area contributed by atoms with Gasteiger partial charge in [0, 0.05) is 11.8 Å². The van der Waals surface area contributed by atoms with Crippen molar-refractivity contribution in [2.24, 2.45) is 0 Å². The molecule has 2 aromatic rings. The first kappa shape index (κ1) is 10.5. The molecule has 0 bridgehead atoms. The Morgan fingerprint density at radius 1 is 1.06 bits per heavy atom. The van der Waals surface area contributed by atoms with Gasteiger partial charge in [-0.3, -0.25) is 4.79 Å². The van der Waals surface area contributed by atoms with Gasteiger partial charge in [-0.05, 0) is 36.2 Å². The van der Waals surface area contributed by atoms with Crippen molar-refractivity contribution in [2.45, 2.75) is 6.92 Å². The van der Waals surface area contributed by atoms with E-state index >= 15 is 0 Å². The summed E-state index contributed by atoms with van der Waals surface area (Å²) >= 11 is 0. The van der Waals surface area contributed by atoms with Gasteiger partial charge in [0.05, 0.1) is 7.11 Å². The van der Waals surface area contributed by atoms with Crippen LogP contribution in [0.25, 0.3) is 11.1 Å². The number of aromatic nitrogens is 1. The molecule has 0 aliphatic rings. The number of benzene rings is 1. The zero-order chi connectivity index (χ0) is 11.5. The Morgan fingerprint density at radius 2 is 1.75 bits per heavy atom. The van der Waals surface area contributed by atoms with Crippen LogP contribution in [-0.2, 0) is 0 Å². The van der Waals surface area contributed by atoms with Crippen molar-refractivity contribution >= 4 is 0 Å². The molecule has 0 saturated carbocycles. The Balaban J connectivity index is 2.46. The number of hydrogen-bond acceptors (Lipinski definition) is 2. The summed E-state index contributed by atoms with van der Waals surface area (Å²) in [5.41, 5.74) is 2.71. The van der Waals surface area contributed by atoms with Crippen molar-refractivity contribution in [3.8, 4) is 16.9 Å². The Bertz CT molecular complexity index is 541. The summed E-state index contributed by atoms with van der Waals surface area (Å²) < 4.78 is 5.08. The van der Waals surface area contributed by atoms with E-state index in [0.717, 1.165) is 22.6 Å². The highest BCUT2D eigenvalue weighted by Gasteiger charge is 2.00. The van der Waals surface area contributed by atoms with Crippen LogP contribution in [0.2, 0.25) is 0 Å². The van der Waals surface area contributed by atoms with Crippen LogP contribution in [-0.4, -0.2) is 12.1 Å². The maximum absolute atomic E-state index is 11.3. The van der Waals surface area contributed by atoms with E-state index in [1.807, 2.05) is 37.3 Å². The molecule has 3 nitrogen and oxygen atoms in total. The SMILES string of the molecule is COc1ccc(-c2cc(C)[nH]c(=O)c2)cc1. The molecule has 3 heteroatoms. The van der Waals surface area contributed by atoms with Gasteiger partial charge in [-0.2, -0.15) is 0 Å². The smallest absolute Gasteiger partial charge is 0.248 e. The average Bonchev–Trinajstić information content (AvgIpc) is 2.28. The van der Waals surface area contributed by atoms with E-state index in [1.165, 1.54) is 0 Å². The van der Waals surface area contributed by atoms with Gasteiger partial charge in [0.25, 0.3) is 0 Å². The molecular formula is C13H13NO2. The van der Waals surface area contributed by atoms with Crippen LogP contribution < -0.4 is 10.3 Å². The van der Waals surface area contributed by atoms with Crippen molar-refractivity contribution < 1.29 is 4.74 Å². The maximum Gasteiger partial charge on any atom is 0.248 e. The zero-order valence-corrected chi connectivity index (χ0v) is 9.28. The van der Waals surface area contributed by atoms with Crippen LogP contribution in [0.1, 0.15) is 5.69 Å². The van der Waals surface area contributed by atoms with Gasteiger partial charge in [-0.25, -0.2) is 0 Å². The van der Waals surface area contributed by atoms with Gasteiger partial charge in [-0.15, -0.1) is 0 Å². The van der Waals surface area contributed by atoms with Crippen LogP contribution in [0.15, 0.2) is 41.2 Å². The molecule has 1 N–H and O–H groups in total. The molecule has 0 saturated heterocycles. The molecule has 0 amide bonds. The van der Waals surface area contributed by atoms with Crippen LogP contribution in [0, 0.1) is 6.92 Å². The van der Waals surface area contributed by atoms with Crippen LogP contribution in [0.5, 0.6) is 5.75 Å². The summed E-state index contributed by atoms with van der Waals surface area (Å²) in [6.07, 6.45) is 0. The standard InChI is InChI=1S/C13H13NO2/c1-9-7-11(8-13(15)14-9)10-3-5-12(16-2)6-4-10/h3-8H,1-2H3,(H,14,15). The lowest BCUT2D eigenvalue weighted by atomic mass is 10.1. The molecule has 0 spiro atoms. The lowest BCUT2D eigenvalue weighted by Gasteiger charge is -2.04. The zero-order valence-electron chi connectivity index (χ0n) is 9.28. The molecule has 1 aromatic heterocycles. The molecule has 0 unspecified atom stereocenters. The topological polar surface area (TPSA) is 42.1 Å². The maximum atomic E-state index is 11.3. The molecule has 16 heavy (non-hydrogen) atoms. The highest BCUT2D eigenvalue weighted by Crippen LogP contribution is 2.21. The summed E-state index contributed by atoms with van der Waals surface area (Å²) in [5, 5.41) is 0. The van der Waals surface area contributed by atoms with Gasteiger partial charge in [0.1, 0.15) is 5.75 Å². The summed E-state index contributed by atoms with van der Waals surface area (Å²) in [7, 11) is 1.63. The number of methoxy groups -OCH3 is 1. The molecule has 0 aliphatic carbocycles. The lowest BCUT2D eigenvalue weighted by molar-refractivity contribution is 0.415. The third-order valence-corrected chi connectivity index (χ3v) is 2.40. The molecule has 0 atom stereocenters. The Kier molecular flexibility index (Phi) is 2.77. The minimum atomic E-state index is -0.0779. The van der Waals surface area contributed by atoms with Crippen molar-refractivity contribution in [1.29, 1.82) is 0 Å². The second-order valence-electron chi connectivity index (χ2n) is 3.64. The van der Waals surface area contributed by atoms with E-state index in [1.54, 1.807) is 13.2 Å². The summed E-state index contributed by atoms with van der Waals surface area (Å²) in [6.45, 7) is 1.87. The van der Waals surface area contributed by atoms with Gasteiger partial charge in [-0.1, -0.05) is 12.1 Å². The van der Waals surface area contributed by atoms with Crippen LogP contribution in [0.4, 0.5) is 0 Å². The number of aromatic amines is 1. The van der Waals surface area contributed by atoms with Crippen molar-refractivity contribution in [3.63, 3.8) is 0 Å². The highest BCUT2D eigenvalue weighted by atomic mass is 16.5. The predicted octanol–water partition coefficient (Wildman–Crippen LogP) is 2.36. The first-order chi connectivity index (χ1) is 7.69. The van der Waals surface area contributed by atoms with E-state index in [4.69, 9.17) is 4.74 Å². The molecule has 0 radical (unpaired) electrons. The van der Waals surface area contributed by atoms with E-state index in [0.29, 0.717) is 0 Å². The number of nitrogens with one attached hydrogen (secondary N) is 1. The number of hydrogen-bond donors (Lipinski definition) is 1. The van der Waals surface area contributed by atoms with Crippen molar-refractivity contribution in [1.82, 2.24) is 4.98 Å². The second-order valence-corrected chi connectivity index (χ2v) is 3.64. The molecule has 0 fully saturated rings. The van der Waals surface area contributed by atoms with E-state index < -0.39 is 0 Å². The molecule has 2 rings (SSSR count). The van der Waals surface area contributed by atoms with E-state index in [-0.39, 0.29) is 5.56 Å². The Labute approximate surface area is 93.7 Å². The first-order valence-corrected chi connectivity index (χ1v) is 5.04. The number of H-pyrrole nitrogens is 1. The van der Waals surface area contributed by atoms with Crippen molar-refractivity contribution in [3.05, 3.63) is 52.4 Å². The fourth-order valence-electron chi connectivity index (χ4n) is 1.63. The largest absolute Gasteiger partial charge is 0.497 e. The number of pyridine rings is 1. The fourth-order valence-corrected chi connectivity index (χ4v) is 1.63. The third kappa shape index (κ3) is 2.14. The summed E-state index contributed by atoms with van der Waals surface area (Å²) in [6, 6.07) is 11.2. The number of rotatable bonds is 2. The third-order valence-electron chi connectivity index (χ3n) is 2.40. The highest BCUT2D eigenvalue weighted by molar-refractivity contribution is 5.64. The predicted molar refractivity (Wildman–Crippen MR) is 63.8 cm³/mol. The van der Waals surface area contributed by atoms with Crippen LogP contribution in [0.3, 0.4) is 0 Å². The molecule has 1 heterocycles. The number of ether oxygens (including phenoxy) is 1. The van der Waals surface area contributed by atoms with E-state index in [9.17, 15) is 4.79 Å². The Hall–Kier alpha value is -2.03. The monoisotopic (exact) mass is 215 g/mol. The first-order valence-electron chi connectivity index (χ1n) is 5.04. The normalized spacial score (nSPS) is 10.1. The number of aryl methyl sites for hydroxylation is 1. The quantitative estimate of drug-likeness (QED) is 0.835. The molecule has 82 valence electrons. The lowest BCUT2D eigenvalue weighted by Crippen LogP contribution is -2.05. The molecule has 0 aliphatic heterocycles. The second kappa shape index (κ2) is 4.23. The molecule has 1 aromatic carbocycles. The molecular weight excluding hydrogens is 202 g/mol. The minimum absolute atomic E-state index is 0.0779. The van der Waals surface area contributed by atoms with Gasteiger partial charge in [0.15, 0.2) is 0 Å². The Morgan fingerprint density at radius 3 is 2.31 bits per heavy atom. The summed E-state index contributed by atoms with van der Waals surface area (Å²) in [5.74, 6) is 0.810. The van der Waals surface area contributed by atoms with Gasteiger partial charge >= 0.3 is 0 Å². The van der Waals surface area contributed by atoms with E-state index in [2.05, 4.69) is 4.98 Å². The minimum Gasteiger partial charge on any atom is -0.497 e. The fraction of sp³-hybridized carbons (Fsp3) is 0.154. The van der Waals surface area contributed by atoms with Gasteiger partial charge in [0.2, 0.25) is 5.56 Å². The van der Waals surface area contributed by atoms with Crippen molar-refractivity contribution in [2.75, 3.05) is 7.11 Å². The average molecular weight is 215 g/mol.